The zero-order valence-corrected chi connectivity index (χ0v) is 22.4. The molecule has 2 aromatic carbocycles. The summed E-state index contributed by atoms with van der Waals surface area (Å²) in [5.41, 5.74) is -0.123. The summed E-state index contributed by atoms with van der Waals surface area (Å²) in [6.07, 6.45) is 2.58. The Morgan fingerprint density at radius 1 is 1.08 bits per heavy atom. The van der Waals surface area contributed by atoms with E-state index >= 15 is 0 Å². The highest BCUT2D eigenvalue weighted by atomic mass is 79.9. The number of carbonyl (C=O) groups excluding carboxylic acids is 1. The van der Waals surface area contributed by atoms with Crippen LogP contribution >= 0.6 is 15.9 Å². The van der Waals surface area contributed by atoms with Crippen molar-refractivity contribution in [3.05, 3.63) is 93.2 Å². The van der Waals surface area contributed by atoms with Gasteiger partial charge in [0.25, 0.3) is 5.91 Å². The maximum atomic E-state index is 14.5. The summed E-state index contributed by atoms with van der Waals surface area (Å²) in [4.78, 5) is 27.8. The van der Waals surface area contributed by atoms with Gasteiger partial charge in [-0.05, 0) is 36.6 Å². The molecule has 1 N–H and O–H groups in total. The Morgan fingerprint density at radius 3 is 2.42 bits per heavy atom. The van der Waals surface area contributed by atoms with E-state index in [4.69, 9.17) is 4.74 Å². The molecule has 0 radical (unpaired) electrons. The molecule has 1 aromatic heterocycles. The third-order valence-electron chi connectivity index (χ3n) is 6.49. The molecule has 0 spiro atoms. The van der Waals surface area contributed by atoms with Crippen molar-refractivity contribution in [3.8, 4) is 11.5 Å². The first-order valence-electron chi connectivity index (χ1n) is 12.1. The normalized spacial score (nSPS) is 15.9. The molecule has 0 fully saturated rings. The maximum absolute atomic E-state index is 14.5. The van der Waals surface area contributed by atoms with Crippen LogP contribution in [0.3, 0.4) is 0 Å². The molecule has 1 aliphatic heterocycles. The first kappa shape index (κ1) is 27.6. The molecule has 0 saturated carbocycles. The zero-order valence-electron chi connectivity index (χ0n) is 20.8. The molecule has 202 valence electrons. The number of carbonyl (C=O) groups is 1. The lowest BCUT2D eigenvalue weighted by Gasteiger charge is -2.49. The van der Waals surface area contributed by atoms with Gasteiger partial charge in [0.05, 0.1) is 6.61 Å². The van der Waals surface area contributed by atoms with Crippen LogP contribution in [-0.4, -0.2) is 45.7 Å². The third kappa shape index (κ3) is 5.11. The molecular formula is C27H27BrF3N3O4. The van der Waals surface area contributed by atoms with Crippen LogP contribution in [0.1, 0.15) is 53.8 Å². The molecule has 1 aliphatic rings. The largest absolute Gasteiger partial charge is 0.507 e. The highest BCUT2D eigenvalue weighted by molar-refractivity contribution is 9.09. The SMILES string of the molecule is CCCCOc1c2n(ccc1=O)N(C(c1ccc(F)cc1)c1cc(F)c(F)cc1O)[C@@H](CCBr)N(C)C2=O. The Kier molecular flexibility index (Phi) is 8.35. The van der Waals surface area contributed by atoms with Gasteiger partial charge in [0.15, 0.2) is 23.1 Å². The first-order chi connectivity index (χ1) is 18.2. The van der Waals surface area contributed by atoms with Crippen molar-refractivity contribution in [3.63, 3.8) is 0 Å². The van der Waals surface area contributed by atoms with E-state index in [-0.39, 0.29) is 23.6 Å². The van der Waals surface area contributed by atoms with E-state index < -0.39 is 46.7 Å². The predicted octanol–water partition coefficient (Wildman–Crippen LogP) is 5.07. The molecule has 7 nitrogen and oxygen atoms in total. The van der Waals surface area contributed by atoms with Crippen LogP contribution in [0.15, 0.2) is 53.5 Å². The third-order valence-corrected chi connectivity index (χ3v) is 6.94. The number of unbranched alkanes of at least 4 members (excludes halogenated alkanes) is 1. The fourth-order valence-corrected chi connectivity index (χ4v) is 5.00. The summed E-state index contributed by atoms with van der Waals surface area (Å²) >= 11 is 3.42. The van der Waals surface area contributed by atoms with Crippen LogP contribution in [0.2, 0.25) is 0 Å². The number of fused-ring (bicyclic) bond motifs is 1. The van der Waals surface area contributed by atoms with Crippen LogP contribution in [0.5, 0.6) is 11.5 Å². The van der Waals surface area contributed by atoms with Crippen molar-refractivity contribution in [1.29, 1.82) is 0 Å². The second-order valence-electron chi connectivity index (χ2n) is 8.94. The minimum Gasteiger partial charge on any atom is -0.507 e. The summed E-state index contributed by atoms with van der Waals surface area (Å²) in [6.45, 7) is 2.18. The van der Waals surface area contributed by atoms with Crippen molar-refractivity contribution in [1.82, 2.24) is 9.58 Å². The number of amides is 1. The Hall–Kier alpha value is -3.47. The molecular weight excluding hydrogens is 567 g/mol. The summed E-state index contributed by atoms with van der Waals surface area (Å²) < 4.78 is 49.7. The van der Waals surface area contributed by atoms with Gasteiger partial charge < -0.3 is 14.7 Å². The number of hydrogen-bond donors (Lipinski definition) is 1. The van der Waals surface area contributed by atoms with Crippen LogP contribution in [-0.2, 0) is 0 Å². The monoisotopic (exact) mass is 593 g/mol. The lowest BCUT2D eigenvalue weighted by Crippen LogP contribution is -2.61. The Balaban J connectivity index is 2.03. The first-order valence-corrected chi connectivity index (χ1v) is 13.2. The van der Waals surface area contributed by atoms with Gasteiger partial charge in [0, 0.05) is 36.3 Å². The number of alkyl halides is 1. The number of phenols is 1. The lowest BCUT2D eigenvalue weighted by molar-refractivity contribution is 0.0611. The number of ether oxygens (including phenoxy) is 1. The summed E-state index contributed by atoms with van der Waals surface area (Å²) in [5, 5.41) is 12.9. The van der Waals surface area contributed by atoms with Crippen molar-refractivity contribution < 1.29 is 27.8 Å². The average Bonchev–Trinajstić information content (AvgIpc) is 2.89. The fraction of sp³-hybridized carbons (Fsp3) is 0.333. The minimum absolute atomic E-state index is 0.0177. The Bertz CT molecular complexity index is 1380. The number of nitrogens with zero attached hydrogens (tertiary/aromatic N) is 3. The quantitative estimate of drug-likeness (QED) is 0.277. The van der Waals surface area contributed by atoms with E-state index in [1.54, 1.807) is 12.1 Å². The molecule has 3 aromatic rings. The number of aromatic hydroxyl groups is 1. The van der Waals surface area contributed by atoms with E-state index in [1.807, 2.05) is 6.92 Å². The van der Waals surface area contributed by atoms with Gasteiger partial charge in [0.1, 0.15) is 23.8 Å². The van der Waals surface area contributed by atoms with E-state index in [1.165, 1.54) is 46.1 Å². The molecule has 4 rings (SSSR count). The number of phenolic OH excluding ortho intramolecular Hbond substituents is 1. The Morgan fingerprint density at radius 2 is 1.76 bits per heavy atom. The van der Waals surface area contributed by atoms with Gasteiger partial charge in [0.2, 0.25) is 5.43 Å². The van der Waals surface area contributed by atoms with Crippen molar-refractivity contribution in [2.24, 2.45) is 0 Å². The summed E-state index contributed by atoms with van der Waals surface area (Å²) in [6, 6.07) is 7.12. The average molecular weight is 594 g/mol. The van der Waals surface area contributed by atoms with Crippen molar-refractivity contribution >= 4 is 21.8 Å². The smallest absolute Gasteiger partial charge is 0.277 e. The van der Waals surface area contributed by atoms with E-state index in [0.29, 0.717) is 29.8 Å². The number of hydrogen-bond acceptors (Lipinski definition) is 5. The predicted molar refractivity (Wildman–Crippen MR) is 140 cm³/mol. The lowest BCUT2D eigenvalue weighted by atomic mass is 9.95. The molecule has 2 heterocycles. The second kappa shape index (κ2) is 11.5. The van der Waals surface area contributed by atoms with Crippen LogP contribution in [0.4, 0.5) is 13.2 Å². The van der Waals surface area contributed by atoms with Gasteiger partial charge in [-0.3, -0.25) is 19.3 Å². The van der Waals surface area contributed by atoms with Gasteiger partial charge in [-0.25, -0.2) is 13.2 Å². The zero-order chi connectivity index (χ0) is 27.6. The Labute approximate surface area is 226 Å². The van der Waals surface area contributed by atoms with Gasteiger partial charge in [-0.1, -0.05) is 41.4 Å². The molecule has 11 heteroatoms. The second-order valence-corrected chi connectivity index (χ2v) is 9.73. The molecule has 0 bridgehead atoms. The minimum atomic E-state index is -1.23. The number of benzene rings is 2. The van der Waals surface area contributed by atoms with Gasteiger partial charge in [-0.15, -0.1) is 0 Å². The van der Waals surface area contributed by atoms with Crippen LogP contribution in [0, 0.1) is 17.5 Å². The molecule has 2 atom stereocenters. The molecule has 38 heavy (non-hydrogen) atoms. The number of halogens is 4. The van der Waals surface area contributed by atoms with E-state index in [2.05, 4.69) is 15.9 Å². The van der Waals surface area contributed by atoms with Crippen molar-refractivity contribution in [2.75, 3.05) is 24.0 Å². The highest BCUT2D eigenvalue weighted by Gasteiger charge is 2.42. The molecule has 0 aliphatic carbocycles. The maximum Gasteiger partial charge on any atom is 0.277 e. The summed E-state index contributed by atoms with van der Waals surface area (Å²) in [7, 11) is 1.56. The number of pyridine rings is 1. The van der Waals surface area contributed by atoms with Gasteiger partial charge in [-0.2, -0.15) is 0 Å². The molecule has 1 unspecified atom stereocenters. The number of rotatable bonds is 9. The summed E-state index contributed by atoms with van der Waals surface area (Å²) in [5.74, 6) is -4.07. The van der Waals surface area contributed by atoms with E-state index in [0.717, 1.165) is 12.5 Å². The standard InChI is InChI=1S/C27H27BrF3N3O4/c1-3-4-13-38-26-21(35)10-12-33-25(26)27(37)32(2)23(9-11-28)34(33)24(16-5-7-17(29)8-6-16)18-14-19(30)20(31)15-22(18)36/h5-8,10,12,14-15,23-24,36H,3-4,9,11,13H2,1-2H3/t23-,24?/m0/s1. The van der Waals surface area contributed by atoms with Crippen molar-refractivity contribution in [2.45, 2.75) is 38.4 Å². The number of aromatic nitrogens is 1. The molecule has 0 saturated heterocycles. The van der Waals surface area contributed by atoms with E-state index in [9.17, 15) is 27.9 Å². The van der Waals surface area contributed by atoms with Crippen LogP contribution < -0.4 is 15.2 Å². The highest BCUT2D eigenvalue weighted by Crippen LogP contribution is 2.39. The van der Waals surface area contributed by atoms with Crippen LogP contribution in [0.25, 0.3) is 0 Å². The van der Waals surface area contributed by atoms with Gasteiger partial charge >= 0.3 is 0 Å². The fourth-order valence-electron chi connectivity index (χ4n) is 4.59. The topological polar surface area (TPSA) is 75.0 Å². The molecule has 1 amide bonds.